The summed E-state index contributed by atoms with van der Waals surface area (Å²) in [5.41, 5.74) is 0.959. The van der Waals surface area contributed by atoms with E-state index in [4.69, 9.17) is 4.74 Å². The molecule has 13 heavy (non-hydrogen) atoms. The molecule has 2 bridgehead atoms. The number of hydrogen-bond acceptors (Lipinski definition) is 1. The largest absolute Gasteiger partial charge is 0.378 e. The van der Waals surface area contributed by atoms with E-state index in [-0.39, 0.29) is 0 Å². The molecule has 2 rings (SSSR count). The SMILES string of the molecule is CCOC1C[C@H]2CC[C@@]1(C)C2(C)C. The molecule has 0 aromatic rings. The fourth-order valence-electron chi connectivity index (χ4n) is 3.58. The van der Waals surface area contributed by atoms with Crippen molar-refractivity contribution in [3.05, 3.63) is 0 Å². The molecule has 2 saturated carbocycles. The van der Waals surface area contributed by atoms with Crippen molar-refractivity contribution in [2.75, 3.05) is 6.61 Å². The Labute approximate surface area is 81.9 Å². The minimum atomic E-state index is 0.452. The maximum atomic E-state index is 5.88. The molecule has 0 radical (unpaired) electrons. The Balaban J connectivity index is 2.22. The Morgan fingerprint density at radius 3 is 2.38 bits per heavy atom. The highest BCUT2D eigenvalue weighted by Gasteiger charge is 2.61. The minimum absolute atomic E-state index is 0.452. The van der Waals surface area contributed by atoms with Gasteiger partial charge in [0, 0.05) is 6.61 Å². The summed E-state index contributed by atoms with van der Waals surface area (Å²) in [6, 6.07) is 0. The Bertz CT molecular complexity index is 209. The molecular weight excluding hydrogens is 160 g/mol. The third-order valence-corrected chi connectivity index (χ3v) is 5.08. The van der Waals surface area contributed by atoms with Crippen LogP contribution in [0.25, 0.3) is 0 Å². The van der Waals surface area contributed by atoms with Gasteiger partial charge in [-0.15, -0.1) is 0 Å². The fraction of sp³-hybridized carbons (Fsp3) is 1.00. The van der Waals surface area contributed by atoms with E-state index in [1.165, 1.54) is 19.3 Å². The van der Waals surface area contributed by atoms with Gasteiger partial charge in [0.25, 0.3) is 0 Å². The van der Waals surface area contributed by atoms with Crippen molar-refractivity contribution in [3.8, 4) is 0 Å². The molecule has 0 heterocycles. The van der Waals surface area contributed by atoms with Crippen molar-refractivity contribution in [2.45, 2.75) is 53.1 Å². The summed E-state index contributed by atoms with van der Waals surface area (Å²) in [5, 5.41) is 0. The van der Waals surface area contributed by atoms with Crippen LogP contribution in [0.15, 0.2) is 0 Å². The monoisotopic (exact) mass is 182 g/mol. The van der Waals surface area contributed by atoms with Crippen LogP contribution in [0.2, 0.25) is 0 Å². The summed E-state index contributed by atoms with van der Waals surface area (Å²) in [6.07, 6.45) is 4.63. The number of fused-ring (bicyclic) bond motifs is 2. The smallest absolute Gasteiger partial charge is 0.0636 e. The first-order chi connectivity index (χ1) is 6.02. The number of rotatable bonds is 2. The Morgan fingerprint density at radius 2 is 2.00 bits per heavy atom. The van der Waals surface area contributed by atoms with Crippen molar-refractivity contribution in [1.82, 2.24) is 0 Å². The van der Waals surface area contributed by atoms with E-state index < -0.39 is 0 Å². The second-order valence-corrected chi connectivity index (χ2v) is 5.55. The average molecular weight is 182 g/mol. The van der Waals surface area contributed by atoms with E-state index >= 15 is 0 Å². The van der Waals surface area contributed by atoms with Gasteiger partial charge in [-0.1, -0.05) is 20.8 Å². The molecule has 0 amide bonds. The van der Waals surface area contributed by atoms with Gasteiger partial charge >= 0.3 is 0 Å². The standard InChI is InChI=1S/C12H22O/c1-5-13-10-8-9-6-7-12(10,4)11(9,2)3/h9-10H,5-8H2,1-4H3/t9-,10?,12-/m1/s1. The van der Waals surface area contributed by atoms with Crippen LogP contribution in [0.5, 0.6) is 0 Å². The van der Waals surface area contributed by atoms with E-state index in [0.717, 1.165) is 12.5 Å². The van der Waals surface area contributed by atoms with Crippen LogP contribution in [0, 0.1) is 16.7 Å². The van der Waals surface area contributed by atoms with E-state index in [1.54, 1.807) is 0 Å². The van der Waals surface area contributed by atoms with Crippen LogP contribution in [0.1, 0.15) is 47.0 Å². The van der Waals surface area contributed by atoms with Gasteiger partial charge < -0.3 is 4.74 Å². The molecule has 1 nitrogen and oxygen atoms in total. The van der Waals surface area contributed by atoms with Crippen molar-refractivity contribution >= 4 is 0 Å². The molecule has 3 atom stereocenters. The first-order valence-electron chi connectivity index (χ1n) is 5.64. The van der Waals surface area contributed by atoms with Gasteiger partial charge in [0.15, 0.2) is 0 Å². The molecule has 2 aliphatic rings. The minimum Gasteiger partial charge on any atom is -0.378 e. The molecule has 0 aliphatic heterocycles. The van der Waals surface area contributed by atoms with Gasteiger partial charge in [-0.25, -0.2) is 0 Å². The van der Waals surface area contributed by atoms with Gasteiger partial charge in [0.05, 0.1) is 6.10 Å². The zero-order chi connectivity index (χ0) is 9.69. The second-order valence-electron chi connectivity index (χ2n) is 5.55. The molecule has 1 heteroatoms. The topological polar surface area (TPSA) is 9.23 Å². The van der Waals surface area contributed by atoms with Gasteiger partial charge in [-0.05, 0) is 42.9 Å². The summed E-state index contributed by atoms with van der Waals surface area (Å²) in [4.78, 5) is 0. The summed E-state index contributed by atoms with van der Waals surface area (Å²) < 4.78 is 5.88. The molecule has 0 saturated heterocycles. The normalized spacial score (nSPS) is 47.1. The lowest BCUT2D eigenvalue weighted by Gasteiger charge is -2.38. The highest BCUT2D eigenvalue weighted by atomic mass is 16.5. The quantitative estimate of drug-likeness (QED) is 0.637. The van der Waals surface area contributed by atoms with E-state index in [2.05, 4.69) is 27.7 Å². The number of ether oxygens (including phenoxy) is 1. The van der Waals surface area contributed by atoms with E-state index in [1.807, 2.05) is 0 Å². The highest BCUT2D eigenvalue weighted by molar-refractivity contribution is 5.11. The lowest BCUT2D eigenvalue weighted by atomic mass is 9.70. The third-order valence-electron chi connectivity index (χ3n) is 5.08. The van der Waals surface area contributed by atoms with Crippen LogP contribution in [0.3, 0.4) is 0 Å². The predicted octanol–water partition coefficient (Wildman–Crippen LogP) is 3.24. The van der Waals surface area contributed by atoms with Crippen molar-refractivity contribution in [3.63, 3.8) is 0 Å². The lowest BCUT2D eigenvalue weighted by molar-refractivity contribution is -0.0413. The molecule has 0 N–H and O–H groups in total. The molecule has 2 aliphatic carbocycles. The highest BCUT2D eigenvalue weighted by Crippen LogP contribution is 2.66. The van der Waals surface area contributed by atoms with Crippen LogP contribution >= 0.6 is 0 Å². The van der Waals surface area contributed by atoms with Crippen LogP contribution in [-0.4, -0.2) is 12.7 Å². The summed E-state index contributed by atoms with van der Waals surface area (Å²) in [7, 11) is 0. The van der Waals surface area contributed by atoms with Crippen molar-refractivity contribution < 1.29 is 4.74 Å². The molecular formula is C12H22O. The molecule has 0 aromatic heterocycles. The third kappa shape index (κ3) is 1.03. The maximum absolute atomic E-state index is 5.88. The zero-order valence-corrected chi connectivity index (χ0v) is 9.39. The van der Waals surface area contributed by atoms with Crippen LogP contribution < -0.4 is 0 Å². The van der Waals surface area contributed by atoms with Crippen molar-refractivity contribution in [1.29, 1.82) is 0 Å². The molecule has 0 spiro atoms. The lowest BCUT2D eigenvalue weighted by Crippen LogP contribution is -2.37. The zero-order valence-electron chi connectivity index (χ0n) is 9.39. The predicted molar refractivity (Wildman–Crippen MR) is 54.6 cm³/mol. The van der Waals surface area contributed by atoms with E-state index in [9.17, 15) is 0 Å². The summed E-state index contributed by atoms with van der Waals surface area (Å²) >= 11 is 0. The second kappa shape index (κ2) is 2.73. The Morgan fingerprint density at radius 1 is 1.31 bits per heavy atom. The Kier molecular flexibility index (Phi) is 1.99. The van der Waals surface area contributed by atoms with Crippen LogP contribution in [0.4, 0.5) is 0 Å². The molecule has 2 fully saturated rings. The first-order valence-corrected chi connectivity index (χ1v) is 5.64. The van der Waals surface area contributed by atoms with Gasteiger partial charge in [-0.3, -0.25) is 0 Å². The fourth-order valence-corrected chi connectivity index (χ4v) is 3.58. The first kappa shape index (κ1) is 9.51. The number of hydrogen-bond donors (Lipinski definition) is 0. The maximum Gasteiger partial charge on any atom is 0.0636 e. The summed E-state index contributed by atoms with van der Waals surface area (Å²) in [5.74, 6) is 0.911. The Hall–Kier alpha value is -0.0400. The average Bonchev–Trinajstić information content (AvgIpc) is 2.37. The molecule has 76 valence electrons. The van der Waals surface area contributed by atoms with E-state index in [0.29, 0.717) is 16.9 Å². The van der Waals surface area contributed by atoms with Gasteiger partial charge in [-0.2, -0.15) is 0 Å². The molecule has 0 aromatic carbocycles. The van der Waals surface area contributed by atoms with Gasteiger partial charge in [0.2, 0.25) is 0 Å². The summed E-state index contributed by atoms with van der Waals surface area (Å²) in [6.45, 7) is 10.3. The van der Waals surface area contributed by atoms with Crippen molar-refractivity contribution in [2.24, 2.45) is 16.7 Å². The molecule has 1 unspecified atom stereocenters. The van der Waals surface area contributed by atoms with Gasteiger partial charge in [0.1, 0.15) is 0 Å². The van der Waals surface area contributed by atoms with Crippen LogP contribution in [-0.2, 0) is 4.74 Å².